The number of carbonyl (C=O) groups excluding carboxylic acids is 2. The molecule has 15 heavy (non-hydrogen) atoms. The van der Waals surface area contributed by atoms with Gasteiger partial charge in [0.2, 0.25) is 5.91 Å². The molecule has 0 radical (unpaired) electrons. The number of rotatable bonds is 4. The molecule has 1 saturated heterocycles. The van der Waals surface area contributed by atoms with Crippen LogP contribution in [-0.4, -0.2) is 42.0 Å². The van der Waals surface area contributed by atoms with Gasteiger partial charge in [0.1, 0.15) is 0 Å². The topological polar surface area (TPSA) is 72.6 Å². The monoisotopic (exact) mass is 214 g/mol. The van der Waals surface area contributed by atoms with Crippen molar-refractivity contribution in [2.45, 2.75) is 38.8 Å². The molecule has 1 rings (SSSR count). The van der Waals surface area contributed by atoms with Crippen LogP contribution in [0.2, 0.25) is 0 Å². The lowest BCUT2D eigenvalue weighted by Crippen LogP contribution is -2.40. The summed E-state index contributed by atoms with van der Waals surface area (Å²) in [6.07, 6.45) is 0.915. The molecule has 0 spiro atoms. The van der Waals surface area contributed by atoms with Crippen LogP contribution in [0.1, 0.15) is 26.7 Å². The first-order valence-electron chi connectivity index (χ1n) is 5.28. The van der Waals surface area contributed by atoms with Gasteiger partial charge < -0.3 is 15.4 Å². The maximum atomic E-state index is 11.5. The van der Waals surface area contributed by atoms with Crippen molar-refractivity contribution in [3.05, 3.63) is 0 Å². The number of likely N-dealkylation sites (tertiary alicyclic amines) is 1. The standard InChI is InChI=1S/C10H18N2O3/c1-3-15-9(13)6-7(2)12-5-4-8(11)10(12)14/h7-8H,3-6,11H2,1-2H3. The molecular formula is C10H18N2O3. The molecule has 0 aromatic heterocycles. The summed E-state index contributed by atoms with van der Waals surface area (Å²) in [7, 11) is 0. The fourth-order valence-electron chi connectivity index (χ4n) is 1.73. The zero-order valence-electron chi connectivity index (χ0n) is 9.23. The van der Waals surface area contributed by atoms with E-state index in [1.807, 2.05) is 6.92 Å². The molecule has 2 N–H and O–H groups in total. The highest BCUT2D eigenvalue weighted by Crippen LogP contribution is 2.15. The number of amides is 1. The predicted octanol–water partition coefficient (Wildman–Crippen LogP) is -0.112. The van der Waals surface area contributed by atoms with Gasteiger partial charge in [-0.25, -0.2) is 0 Å². The SMILES string of the molecule is CCOC(=O)CC(C)N1CCC(N)C1=O. The van der Waals surface area contributed by atoms with Crippen molar-refractivity contribution in [1.82, 2.24) is 4.90 Å². The Balaban J connectivity index is 2.44. The number of carbonyl (C=O) groups is 2. The van der Waals surface area contributed by atoms with Crippen LogP contribution in [0.15, 0.2) is 0 Å². The molecule has 0 bridgehead atoms. The molecule has 5 heteroatoms. The van der Waals surface area contributed by atoms with Gasteiger partial charge in [-0.05, 0) is 20.3 Å². The Hall–Kier alpha value is -1.10. The van der Waals surface area contributed by atoms with E-state index in [2.05, 4.69) is 0 Å². The summed E-state index contributed by atoms with van der Waals surface area (Å²) in [5.41, 5.74) is 5.59. The van der Waals surface area contributed by atoms with Gasteiger partial charge in [-0.2, -0.15) is 0 Å². The number of ether oxygens (including phenoxy) is 1. The lowest BCUT2D eigenvalue weighted by molar-refractivity contribution is -0.145. The first-order valence-corrected chi connectivity index (χ1v) is 5.28. The Kier molecular flexibility index (Phi) is 4.08. The van der Waals surface area contributed by atoms with E-state index >= 15 is 0 Å². The second-order valence-corrected chi connectivity index (χ2v) is 3.78. The number of hydrogen-bond acceptors (Lipinski definition) is 4. The second-order valence-electron chi connectivity index (χ2n) is 3.78. The highest BCUT2D eigenvalue weighted by atomic mass is 16.5. The zero-order valence-corrected chi connectivity index (χ0v) is 9.23. The van der Waals surface area contributed by atoms with Gasteiger partial charge in [0.25, 0.3) is 0 Å². The molecule has 5 nitrogen and oxygen atoms in total. The molecule has 86 valence electrons. The summed E-state index contributed by atoms with van der Waals surface area (Å²) in [6, 6.07) is -0.514. The van der Waals surface area contributed by atoms with E-state index in [1.54, 1.807) is 11.8 Å². The second kappa shape index (κ2) is 5.11. The average Bonchev–Trinajstić information content (AvgIpc) is 2.48. The smallest absolute Gasteiger partial charge is 0.307 e. The van der Waals surface area contributed by atoms with Crippen molar-refractivity contribution in [2.75, 3.05) is 13.2 Å². The quantitative estimate of drug-likeness (QED) is 0.663. The number of nitrogens with zero attached hydrogens (tertiary/aromatic N) is 1. The third kappa shape index (κ3) is 2.92. The first kappa shape index (κ1) is 12.0. The molecule has 0 aromatic carbocycles. The minimum absolute atomic E-state index is 0.0631. The number of esters is 1. The molecule has 1 aliphatic rings. The Morgan fingerprint density at radius 2 is 2.40 bits per heavy atom. The van der Waals surface area contributed by atoms with Crippen LogP contribution < -0.4 is 5.73 Å². The van der Waals surface area contributed by atoms with Gasteiger partial charge in [-0.3, -0.25) is 9.59 Å². The average molecular weight is 214 g/mol. The van der Waals surface area contributed by atoms with E-state index in [1.165, 1.54) is 0 Å². The molecule has 1 fully saturated rings. The summed E-state index contributed by atoms with van der Waals surface area (Å²) in [5.74, 6) is -0.329. The van der Waals surface area contributed by atoms with Gasteiger partial charge in [-0.15, -0.1) is 0 Å². The van der Waals surface area contributed by atoms with Crippen LogP contribution in [0.25, 0.3) is 0 Å². The van der Waals surface area contributed by atoms with Crippen molar-refractivity contribution in [3.8, 4) is 0 Å². The minimum Gasteiger partial charge on any atom is -0.466 e. The Morgan fingerprint density at radius 1 is 1.73 bits per heavy atom. The largest absolute Gasteiger partial charge is 0.466 e. The molecule has 0 aliphatic carbocycles. The fraction of sp³-hybridized carbons (Fsp3) is 0.800. The lowest BCUT2D eigenvalue weighted by atomic mass is 10.2. The van der Waals surface area contributed by atoms with Crippen LogP contribution in [0.5, 0.6) is 0 Å². The van der Waals surface area contributed by atoms with Crippen molar-refractivity contribution < 1.29 is 14.3 Å². The van der Waals surface area contributed by atoms with E-state index in [0.29, 0.717) is 19.6 Å². The van der Waals surface area contributed by atoms with Gasteiger partial charge in [-0.1, -0.05) is 0 Å². The molecule has 2 atom stereocenters. The molecule has 0 saturated carbocycles. The van der Waals surface area contributed by atoms with E-state index in [-0.39, 0.29) is 24.3 Å². The van der Waals surface area contributed by atoms with Crippen molar-refractivity contribution in [2.24, 2.45) is 5.73 Å². The highest BCUT2D eigenvalue weighted by molar-refractivity contribution is 5.84. The number of hydrogen-bond donors (Lipinski definition) is 1. The van der Waals surface area contributed by atoms with Crippen LogP contribution in [0, 0.1) is 0 Å². The summed E-state index contributed by atoms with van der Waals surface area (Å²) in [6.45, 7) is 4.62. The first-order chi connectivity index (χ1) is 7.06. The molecule has 1 aliphatic heterocycles. The maximum Gasteiger partial charge on any atom is 0.307 e. The van der Waals surface area contributed by atoms with Gasteiger partial charge in [0.15, 0.2) is 0 Å². The normalized spacial score (nSPS) is 23.0. The summed E-state index contributed by atoms with van der Waals surface area (Å²) in [4.78, 5) is 24.4. The van der Waals surface area contributed by atoms with Crippen molar-refractivity contribution in [3.63, 3.8) is 0 Å². The summed E-state index contributed by atoms with van der Waals surface area (Å²) in [5, 5.41) is 0. The fourth-order valence-corrected chi connectivity index (χ4v) is 1.73. The molecular weight excluding hydrogens is 196 g/mol. The van der Waals surface area contributed by atoms with Crippen LogP contribution in [0.4, 0.5) is 0 Å². The predicted molar refractivity (Wildman–Crippen MR) is 55.0 cm³/mol. The third-order valence-corrected chi connectivity index (χ3v) is 2.58. The van der Waals surface area contributed by atoms with E-state index in [0.717, 1.165) is 0 Å². The Bertz CT molecular complexity index is 255. The maximum absolute atomic E-state index is 11.5. The molecule has 0 aromatic rings. The minimum atomic E-state index is -0.394. The Labute approximate surface area is 89.6 Å². The summed E-state index contributed by atoms with van der Waals surface area (Å²) < 4.78 is 4.83. The summed E-state index contributed by atoms with van der Waals surface area (Å²) >= 11 is 0. The van der Waals surface area contributed by atoms with E-state index in [9.17, 15) is 9.59 Å². The molecule has 2 unspecified atom stereocenters. The highest BCUT2D eigenvalue weighted by Gasteiger charge is 2.32. The van der Waals surface area contributed by atoms with Crippen molar-refractivity contribution in [1.29, 1.82) is 0 Å². The Morgan fingerprint density at radius 3 is 2.87 bits per heavy atom. The zero-order chi connectivity index (χ0) is 11.4. The lowest BCUT2D eigenvalue weighted by Gasteiger charge is -2.23. The molecule has 1 heterocycles. The van der Waals surface area contributed by atoms with Gasteiger partial charge in [0, 0.05) is 12.6 Å². The van der Waals surface area contributed by atoms with Gasteiger partial charge >= 0.3 is 5.97 Å². The van der Waals surface area contributed by atoms with Crippen LogP contribution in [0.3, 0.4) is 0 Å². The van der Waals surface area contributed by atoms with Gasteiger partial charge in [0.05, 0.1) is 19.1 Å². The van der Waals surface area contributed by atoms with Crippen LogP contribution >= 0.6 is 0 Å². The van der Waals surface area contributed by atoms with Crippen molar-refractivity contribution >= 4 is 11.9 Å². The van der Waals surface area contributed by atoms with E-state index in [4.69, 9.17) is 10.5 Å². The van der Waals surface area contributed by atoms with E-state index < -0.39 is 6.04 Å². The third-order valence-electron chi connectivity index (χ3n) is 2.58. The molecule has 1 amide bonds. The number of nitrogens with two attached hydrogens (primary N) is 1. The van der Waals surface area contributed by atoms with Crippen LogP contribution in [-0.2, 0) is 14.3 Å².